The quantitative estimate of drug-likeness (QED) is 0.209. The van der Waals surface area contributed by atoms with Gasteiger partial charge in [-0.3, -0.25) is 14.4 Å². The Labute approximate surface area is 266 Å². The number of rotatable bonds is 12. The number of ether oxygens (including phenoxy) is 2. The van der Waals surface area contributed by atoms with Crippen molar-refractivity contribution < 1.29 is 23.9 Å². The molecule has 0 spiro atoms. The number of hydrogen-bond donors (Lipinski definition) is 2. The number of anilines is 2. The van der Waals surface area contributed by atoms with Crippen LogP contribution in [0.25, 0.3) is 11.3 Å². The van der Waals surface area contributed by atoms with E-state index in [4.69, 9.17) is 9.47 Å². The van der Waals surface area contributed by atoms with Crippen LogP contribution in [0.15, 0.2) is 109 Å². The van der Waals surface area contributed by atoms with Crippen molar-refractivity contribution in [3.63, 3.8) is 0 Å². The van der Waals surface area contributed by atoms with Crippen LogP contribution in [0.3, 0.4) is 0 Å². The highest BCUT2D eigenvalue weighted by Gasteiger charge is 2.26. The molecule has 5 rings (SSSR count). The number of nitrogens with zero attached hydrogens (tertiary/aromatic N) is 4. The van der Waals surface area contributed by atoms with Gasteiger partial charge < -0.3 is 25.0 Å². The van der Waals surface area contributed by atoms with Crippen LogP contribution in [0.1, 0.15) is 15.9 Å². The fourth-order valence-corrected chi connectivity index (χ4v) is 4.78. The van der Waals surface area contributed by atoms with E-state index in [-0.39, 0.29) is 24.3 Å². The lowest BCUT2D eigenvalue weighted by molar-refractivity contribution is -0.127. The molecular formula is C35H34N6O5. The van der Waals surface area contributed by atoms with Gasteiger partial charge in [-0.2, -0.15) is 0 Å². The summed E-state index contributed by atoms with van der Waals surface area (Å²) in [7, 11) is 4.82. The summed E-state index contributed by atoms with van der Waals surface area (Å²) in [5.74, 6) is 0.459. The number of hydrogen-bond acceptors (Lipinski definition) is 7. The van der Waals surface area contributed by atoms with Crippen molar-refractivity contribution in [2.45, 2.75) is 19.0 Å². The standard InChI is InChI=1S/C35H34N6O5/c1-40(28-15-19-30(46-3)20-16-28)35(44)31(21-24-7-5-4-6-8-24)37-33(42)23-41-22-32(38-39-41)25-9-13-27(14-10-25)36-34(43)26-11-17-29(45-2)18-12-26/h4-20,22,31H,21,23H2,1-3H3,(H,36,43)(H,37,42). The number of benzene rings is 4. The Hall–Kier alpha value is -5.97. The van der Waals surface area contributed by atoms with Gasteiger partial charge in [0, 0.05) is 36.0 Å². The Morgan fingerprint density at radius 1 is 0.826 bits per heavy atom. The number of carbonyl (C=O) groups is 3. The summed E-state index contributed by atoms with van der Waals surface area (Å²) in [5, 5.41) is 14.1. The molecule has 0 bridgehead atoms. The Morgan fingerprint density at radius 3 is 2.09 bits per heavy atom. The zero-order valence-electron chi connectivity index (χ0n) is 25.7. The Bertz CT molecular complexity index is 1770. The minimum absolute atomic E-state index is 0.131. The summed E-state index contributed by atoms with van der Waals surface area (Å²) >= 11 is 0. The molecule has 1 unspecified atom stereocenters. The number of likely N-dealkylation sites (N-methyl/N-ethyl adjacent to an activating group) is 1. The van der Waals surface area contributed by atoms with Crippen molar-refractivity contribution in [3.8, 4) is 22.8 Å². The highest BCUT2D eigenvalue weighted by Crippen LogP contribution is 2.21. The van der Waals surface area contributed by atoms with Crippen LogP contribution in [-0.2, 0) is 22.6 Å². The number of nitrogens with one attached hydrogen (secondary N) is 2. The largest absolute Gasteiger partial charge is 0.497 e. The molecule has 1 aromatic heterocycles. The molecule has 4 aromatic carbocycles. The first-order valence-electron chi connectivity index (χ1n) is 14.5. The van der Waals surface area contributed by atoms with Crippen LogP contribution in [-0.4, -0.2) is 60.0 Å². The van der Waals surface area contributed by atoms with Gasteiger partial charge in [0.1, 0.15) is 29.8 Å². The first-order chi connectivity index (χ1) is 22.3. The second kappa shape index (κ2) is 14.7. The minimum Gasteiger partial charge on any atom is -0.497 e. The zero-order chi connectivity index (χ0) is 32.5. The third-order valence-electron chi connectivity index (χ3n) is 7.34. The molecule has 1 atom stereocenters. The highest BCUT2D eigenvalue weighted by atomic mass is 16.5. The maximum atomic E-state index is 13.6. The molecule has 0 saturated heterocycles. The van der Waals surface area contributed by atoms with Gasteiger partial charge in [0.25, 0.3) is 5.91 Å². The Morgan fingerprint density at radius 2 is 1.46 bits per heavy atom. The molecule has 0 aliphatic carbocycles. The van der Waals surface area contributed by atoms with Gasteiger partial charge in [-0.25, -0.2) is 4.68 Å². The van der Waals surface area contributed by atoms with Crippen molar-refractivity contribution in [1.82, 2.24) is 20.3 Å². The first-order valence-corrected chi connectivity index (χ1v) is 14.5. The molecular weight excluding hydrogens is 584 g/mol. The zero-order valence-corrected chi connectivity index (χ0v) is 25.7. The third kappa shape index (κ3) is 7.94. The van der Waals surface area contributed by atoms with Crippen LogP contribution < -0.4 is 25.0 Å². The normalized spacial score (nSPS) is 11.3. The van der Waals surface area contributed by atoms with E-state index < -0.39 is 6.04 Å². The Balaban J connectivity index is 1.22. The number of aromatic nitrogens is 3. The van der Waals surface area contributed by atoms with Gasteiger partial charge in [0.15, 0.2) is 0 Å². The van der Waals surface area contributed by atoms with Crippen LogP contribution in [0, 0.1) is 0 Å². The average molecular weight is 619 g/mol. The molecule has 0 radical (unpaired) electrons. The van der Waals surface area contributed by atoms with Crippen molar-refractivity contribution in [3.05, 3.63) is 120 Å². The molecule has 46 heavy (non-hydrogen) atoms. The molecule has 3 amide bonds. The first kappa shape index (κ1) is 31.5. The summed E-state index contributed by atoms with van der Waals surface area (Å²) in [6, 6.07) is 29.8. The third-order valence-corrected chi connectivity index (χ3v) is 7.34. The topological polar surface area (TPSA) is 128 Å². The monoisotopic (exact) mass is 618 g/mol. The van der Waals surface area contributed by atoms with Crippen LogP contribution in [0.5, 0.6) is 11.5 Å². The molecule has 0 saturated carbocycles. The highest BCUT2D eigenvalue weighted by molar-refractivity contribution is 6.04. The maximum absolute atomic E-state index is 13.6. The summed E-state index contributed by atoms with van der Waals surface area (Å²) in [6.45, 7) is -0.131. The lowest BCUT2D eigenvalue weighted by Gasteiger charge is -2.25. The molecule has 0 fully saturated rings. The molecule has 0 aliphatic heterocycles. The van der Waals surface area contributed by atoms with Crippen LogP contribution in [0.2, 0.25) is 0 Å². The molecule has 1 heterocycles. The van der Waals surface area contributed by atoms with Gasteiger partial charge in [-0.1, -0.05) is 47.7 Å². The Kier molecular flexibility index (Phi) is 10.0. The van der Waals surface area contributed by atoms with E-state index in [9.17, 15) is 14.4 Å². The molecule has 11 heteroatoms. The summed E-state index contributed by atoms with van der Waals surface area (Å²) in [5.41, 5.74) is 4.02. The van der Waals surface area contributed by atoms with Crippen LogP contribution in [0.4, 0.5) is 11.4 Å². The van der Waals surface area contributed by atoms with Gasteiger partial charge in [0.2, 0.25) is 11.8 Å². The fourth-order valence-electron chi connectivity index (χ4n) is 4.78. The SMILES string of the molecule is COc1ccc(C(=O)Nc2ccc(-c3cn(CC(=O)NC(Cc4ccccc4)C(=O)N(C)c4ccc(OC)cc4)nn3)cc2)cc1. The minimum atomic E-state index is -0.814. The number of methoxy groups -OCH3 is 2. The van der Waals surface area contributed by atoms with E-state index in [2.05, 4.69) is 20.9 Å². The molecule has 234 valence electrons. The number of carbonyl (C=O) groups excluding carboxylic acids is 3. The van der Waals surface area contributed by atoms with Gasteiger partial charge >= 0.3 is 0 Å². The van der Waals surface area contributed by atoms with E-state index in [0.717, 1.165) is 11.1 Å². The predicted molar refractivity (Wildman–Crippen MR) is 175 cm³/mol. The molecule has 5 aromatic rings. The lowest BCUT2D eigenvalue weighted by Crippen LogP contribution is -2.49. The van der Waals surface area contributed by atoms with Gasteiger partial charge in [0.05, 0.1) is 20.4 Å². The maximum Gasteiger partial charge on any atom is 0.255 e. The number of amides is 3. The van der Waals surface area contributed by atoms with Crippen molar-refractivity contribution >= 4 is 29.1 Å². The van der Waals surface area contributed by atoms with E-state index in [1.54, 1.807) is 88.1 Å². The van der Waals surface area contributed by atoms with E-state index in [1.807, 2.05) is 42.5 Å². The molecule has 0 aliphatic rings. The molecule has 2 N–H and O–H groups in total. The summed E-state index contributed by atoms with van der Waals surface area (Å²) in [4.78, 5) is 40.9. The van der Waals surface area contributed by atoms with E-state index in [0.29, 0.717) is 40.6 Å². The lowest BCUT2D eigenvalue weighted by atomic mass is 10.0. The van der Waals surface area contributed by atoms with Crippen molar-refractivity contribution in [1.29, 1.82) is 0 Å². The smallest absolute Gasteiger partial charge is 0.255 e. The van der Waals surface area contributed by atoms with Crippen molar-refractivity contribution in [2.75, 3.05) is 31.5 Å². The fraction of sp³-hybridized carbons (Fsp3) is 0.171. The average Bonchev–Trinajstić information content (AvgIpc) is 3.56. The predicted octanol–water partition coefficient (Wildman–Crippen LogP) is 4.61. The van der Waals surface area contributed by atoms with Gasteiger partial charge in [-0.15, -0.1) is 5.10 Å². The van der Waals surface area contributed by atoms with Gasteiger partial charge in [-0.05, 0) is 66.2 Å². The van der Waals surface area contributed by atoms with E-state index in [1.165, 1.54) is 9.58 Å². The summed E-state index contributed by atoms with van der Waals surface area (Å²) in [6.07, 6.45) is 1.97. The summed E-state index contributed by atoms with van der Waals surface area (Å²) < 4.78 is 11.8. The second-order valence-corrected chi connectivity index (χ2v) is 10.5. The van der Waals surface area contributed by atoms with Crippen molar-refractivity contribution in [2.24, 2.45) is 0 Å². The van der Waals surface area contributed by atoms with E-state index >= 15 is 0 Å². The second-order valence-electron chi connectivity index (χ2n) is 10.5. The van der Waals surface area contributed by atoms with Crippen LogP contribution >= 0.6 is 0 Å². The molecule has 11 nitrogen and oxygen atoms in total.